The normalized spacial score (nSPS) is 15.4. The highest BCUT2D eigenvalue weighted by molar-refractivity contribution is 8.00. The van der Waals surface area contributed by atoms with Crippen LogP contribution < -0.4 is 10.9 Å². The van der Waals surface area contributed by atoms with Gasteiger partial charge in [-0.3, -0.25) is 9.59 Å². The van der Waals surface area contributed by atoms with Gasteiger partial charge in [0, 0.05) is 34.9 Å². The zero-order valence-electron chi connectivity index (χ0n) is 17.4. The van der Waals surface area contributed by atoms with Crippen molar-refractivity contribution in [1.29, 1.82) is 0 Å². The zero-order valence-corrected chi connectivity index (χ0v) is 18.2. The van der Waals surface area contributed by atoms with Crippen LogP contribution in [0.15, 0.2) is 70.4 Å². The topological polar surface area (TPSA) is 51.1 Å². The standard InChI is InChI=1S/C25H28N2O2S/c1-2-27-21-13-7-6-12-20(21)22(16-24(27)29)30-17-23(28)26-18-25(14-8-9-15-25)19-10-4-3-5-11-19/h3-7,10-13,16H,2,8-9,14-15,17-18H2,1H3,(H,26,28). The van der Waals surface area contributed by atoms with Crippen LogP contribution in [0.5, 0.6) is 0 Å². The third-order valence-electron chi connectivity index (χ3n) is 6.23. The van der Waals surface area contributed by atoms with Crippen molar-refractivity contribution < 1.29 is 4.79 Å². The molecule has 30 heavy (non-hydrogen) atoms. The number of nitrogens with zero attached hydrogens (tertiary/aromatic N) is 1. The van der Waals surface area contributed by atoms with E-state index in [0.717, 1.165) is 28.6 Å². The number of aryl methyl sites for hydroxylation is 1. The zero-order chi connectivity index (χ0) is 21.0. The molecule has 1 N–H and O–H groups in total. The number of hydrogen-bond donors (Lipinski definition) is 1. The number of aromatic nitrogens is 1. The molecular formula is C25H28N2O2S. The molecule has 5 heteroatoms. The van der Waals surface area contributed by atoms with E-state index in [1.165, 1.54) is 30.2 Å². The van der Waals surface area contributed by atoms with Gasteiger partial charge in [0.25, 0.3) is 5.56 Å². The lowest BCUT2D eigenvalue weighted by atomic mass is 9.79. The van der Waals surface area contributed by atoms with E-state index in [2.05, 4.69) is 29.6 Å². The number of nitrogens with one attached hydrogen (secondary N) is 1. The van der Waals surface area contributed by atoms with Crippen LogP contribution in [0.1, 0.15) is 38.2 Å². The highest BCUT2D eigenvalue weighted by Crippen LogP contribution is 2.40. The summed E-state index contributed by atoms with van der Waals surface area (Å²) in [6, 6.07) is 20.1. The van der Waals surface area contributed by atoms with E-state index in [1.807, 2.05) is 37.3 Å². The van der Waals surface area contributed by atoms with Crippen LogP contribution in [-0.4, -0.2) is 22.8 Å². The molecule has 0 radical (unpaired) electrons. The predicted molar refractivity (Wildman–Crippen MR) is 124 cm³/mol. The van der Waals surface area contributed by atoms with E-state index in [9.17, 15) is 9.59 Å². The quantitative estimate of drug-likeness (QED) is 0.562. The Morgan fingerprint density at radius 1 is 1.07 bits per heavy atom. The SMILES string of the molecule is CCn1c(=O)cc(SCC(=O)NCC2(c3ccccc3)CCCC2)c2ccccc21. The summed E-state index contributed by atoms with van der Waals surface area (Å²) in [5.74, 6) is 0.329. The molecule has 1 amide bonds. The molecule has 0 atom stereocenters. The minimum atomic E-state index is -0.0203. The van der Waals surface area contributed by atoms with Gasteiger partial charge in [-0.2, -0.15) is 0 Å². The molecule has 1 heterocycles. The molecule has 156 valence electrons. The van der Waals surface area contributed by atoms with Gasteiger partial charge in [-0.25, -0.2) is 0 Å². The maximum absolute atomic E-state index is 12.7. The van der Waals surface area contributed by atoms with Crippen molar-refractivity contribution in [3.8, 4) is 0 Å². The number of thioether (sulfide) groups is 1. The van der Waals surface area contributed by atoms with Crippen LogP contribution >= 0.6 is 11.8 Å². The lowest BCUT2D eigenvalue weighted by Gasteiger charge is -2.30. The molecule has 1 aliphatic carbocycles. The average Bonchev–Trinajstić information content (AvgIpc) is 3.27. The Kier molecular flexibility index (Phi) is 6.28. The fourth-order valence-electron chi connectivity index (χ4n) is 4.62. The molecule has 0 bridgehead atoms. The van der Waals surface area contributed by atoms with Crippen molar-refractivity contribution in [1.82, 2.24) is 9.88 Å². The van der Waals surface area contributed by atoms with Gasteiger partial charge in [0.2, 0.25) is 5.91 Å². The van der Waals surface area contributed by atoms with E-state index < -0.39 is 0 Å². The van der Waals surface area contributed by atoms with Crippen molar-refractivity contribution in [3.63, 3.8) is 0 Å². The summed E-state index contributed by atoms with van der Waals surface area (Å²) in [7, 11) is 0. The average molecular weight is 421 g/mol. The highest BCUT2D eigenvalue weighted by Gasteiger charge is 2.35. The number of pyridine rings is 1. The van der Waals surface area contributed by atoms with Gasteiger partial charge >= 0.3 is 0 Å². The van der Waals surface area contributed by atoms with Crippen LogP contribution in [0.3, 0.4) is 0 Å². The molecule has 1 fully saturated rings. The van der Waals surface area contributed by atoms with Gasteiger partial charge < -0.3 is 9.88 Å². The third-order valence-corrected chi connectivity index (χ3v) is 7.28. The first-order valence-corrected chi connectivity index (χ1v) is 11.7. The molecule has 0 saturated heterocycles. The first kappa shape index (κ1) is 20.7. The van der Waals surface area contributed by atoms with Gasteiger partial charge in [0.15, 0.2) is 0 Å². The molecule has 4 nitrogen and oxygen atoms in total. The summed E-state index contributed by atoms with van der Waals surface area (Å²) in [6.07, 6.45) is 4.65. The Balaban J connectivity index is 1.45. The second-order valence-corrected chi connectivity index (χ2v) is 9.04. The maximum Gasteiger partial charge on any atom is 0.252 e. The molecule has 0 spiro atoms. The molecule has 1 aliphatic rings. The van der Waals surface area contributed by atoms with Crippen molar-refractivity contribution in [2.45, 2.75) is 49.5 Å². The second kappa shape index (κ2) is 9.09. The largest absolute Gasteiger partial charge is 0.354 e. The lowest BCUT2D eigenvalue weighted by Crippen LogP contribution is -2.39. The molecule has 2 aromatic carbocycles. The monoisotopic (exact) mass is 420 g/mol. The van der Waals surface area contributed by atoms with E-state index in [1.54, 1.807) is 10.6 Å². The molecule has 1 aromatic heterocycles. The minimum absolute atomic E-state index is 0.0194. The summed E-state index contributed by atoms with van der Waals surface area (Å²) in [4.78, 5) is 26.0. The third kappa shape index (κ3) is 4.17. The predicted octanol–water partition coefficient (Wildman–Crippen LogP) is 4.74. The van der Waals surface area contributed by atoms with Crippen molar-refractivity contribution in [2.75, 3.05) is 12.3 Å². The van der Waals surface area contributed by atoms with Crippen LogP contribution in [0.2, 0.25) is 0 Å². The molecule has 3 aromatic rings. The summed E-state index contributed by atoms with van der Waals surface area (Å²) < 4.78 is 1.77. The maximum atomic E-state index is 12.7. The van der Waals surface area contributed by atoms with Gasteiger partial charge in [0.05, 0.1) is 11.3 Å². The first-order chi connectivity index (χ1) is 14.6. The van der Waals surface area contributed by atoms with E-state index in [-0.39, 0.29) is 16.9 Å². The summed E-state index contributed by atoms with van der Waals surface area (Å²) in [6.45, 7) is 3.28. The first-order valence-electron chi connectivity index (χ1n) is 10.7. The Bertz CT molecular complexity index is 1090. The van der Waals surface area contributed by atoms with Gasteiger partial charge in [0.1, 0.15) is 0 Å². The van der Waals surface area contributed by atoms with Gasteiger partial charge in [-0.1, -0.05) is 61.4 Å². The van der Waals surface area contributed by atoms with E-state index in [0.29, 0.717) is 18.8 Å². The molecule has 0 aliphatic heterocycles. The van der Waals surface area contributed by atoms with Crippen LogP contribution in [0.4, 0.5) is 0 Å². The fraction of sp³-hybridized carbons (Fsp3) is 0.360. The Hall–Kier alpha value is -2.53. The number of carbonyl (C=O) groups excluding carboxylic acids is 1. The smallest absolute Gasteiger partial charge is 0.252 e. The van der Waals surface area contributed by atoms with Gasteiger partial charge in [-0.15, -0.1) is 11.8 Å². The number of rotatable bonds is 7. The summed E-state index contributed by atoms with van der Waals surface area (Å²) in [5.41, 5.74) is 2.28. The van der Waals surface area contributed by atoms with Crippen LogP contribution in [0, 0.1) is 0 Å². The molecule has 4 rings (SSSR count). The highest BCUT2D eigenvalue weighted by atomic mass is 32.2. The fourth-order valence-corrected chi connectivity index (χ4v) is 5.52. The van der Waals surface area contributed by atoms with E-state index in [4.69, 9.17) is 0 Å². The van der Waals surface area contributed by atoms with E-state index >= 15 is 0 Å². The molecule has 0 unspecified atom stereocenters. The van der Waals surface area contributed by atoms with Crippen molar-refractivity contribution in [3.05, 3.63) is 76.6 Å². The van der Waals surface area contributed by atoms with Crippen molar-refractivity contribution >= 4 is 28.6 Å². The van der Waals surface area contributed by atoms with Crippen LogP contribution in [-0.2, 0) is 16.8 Å². The Morgan fingerprint density at radius 3 is 2.50 bits per heavy atom. The number of benzene rings is 2. The number of amides is 1. The number of para-hydroxylation sites is 1. The lowest BCUT2D eigenvalue weighted by molar-refractivity contribution is -0.118. The minimum Gasteiger partial charge on any atom is -0.354 e. The summed E-state index contributed by atoms with van der Waals surface area (Å²) in [5, 5.41) is 4.20. The summed E-state index contributed by atoms with van der Waals surface area (Å²) >= 11 is 1.44. The van der Waals surface area contributed by atoms with Gasteiger partial charge in [-0.05, 0) is 31.4 Å². The number of fused-ring (bicyclic) bond motifs is 1. The second-order valence-electron chi connectivity index (χ2n) is 8.03. The Labute approximate surface area is 181 Å². The molecular weight excluding hydrogens is 392 g/mol. The Morgan fingerprint density at radius 2 is 1.77 bits per heavy atom. The number of carbonyl (C=O) groups is 1. The number of hydrogen-bond acceptors (Lipinski definition) is 3. The molecule has 1 saturated carbocycles. The van der Waals surface area contributed by atoms with Crippen molar-refractivity contribution in [2.24, 2.45) is 0 Å². The van der Waals surface area contributed by atoms with Crippen LogP contribution in [0.25, 0.3) is 10.9 Å².